The lowest BCUT2D eigenvalue weighted by Gasteiger charge is -2.28. The van der Waals surface area contributed by atoms with Gasteiger partial charge in [0.1, 0.15) is 17.0 Å². The third-order valence-corrected chi connectivity index (χ3v) is 4.65. The highest BCUT2D eigenvalue weighted by molar-refractivity contribution is 5.88. The van der Waals surface area contributed by atoms with Crippen molar-refractivity contribution in [3.63, 3.8) is 0 Å². The monoisotopic (exact) mass is 541 g/mol. The second-order valence-corrected chi connectivity index (χ2v) is 10.4. The van der Waals surface area contributed by atoms with Gasteiger partial charge in [0, 0.05) is 12.2 Å². The van der Waals surface area contributed by atoms with E-state index < -0.39 is 35.1 Å². The number of hydrogen-bond donors (Lipinski definition) is 0. The van der Waals surface area contributed by atoms with E-state index in [1.807, 2.05) is 0 Å². The summed E-state index contributed by atoms with van der Waals surface area (Å²) in [4.78, 5) is 26.2. The molecule has 2 amide bonds. The largest absolute Gasteiger partial charge is 0.467 e. The van der Waals surface area contributed by atoms with Gasteiger partial charge in [-0.2, -0.15) is 23.4 Å². The second kappa shape index (κ2) is 12.0. The van der Waals surface area contributed by atoms with Crippen LogP contribution in [0.25, 0.3) is 11.3 Å². The summed E-state index contributed by atoms with van der Waals surface area (Å²) < 4.78 is 61.4. The molecule has 0 aliphatic carbocycles. The Hall–Kier alpha value is -3.41. The van der Waals surface area contributed by atoms with E-state index in [2.05, 4.69) is 10.2 Å². The number of imide groups is 1. The third-order valence-electron chi connectivity index (χ3n) is 4.65. The highest BCUT2D eigenvalue weighted by Gasteiger charge is 2.33. The number of halogens is 3. The van der Waals surface area contributed by atoms with Crippen LogP contribution < -0.4 is 4.74 Å². The van der Waals surface area contributed by atoms with E-state index in [0.29, 0.717) is 12.2 Å². The molecule has 0 atom stereocenters. The van der Waals surface area contributed by atoms with E-state index >= 15 is 0 Å². The molecule has 0 spiro atoms. The smallest absolute Gasteiger partial charge is 0.420 e. The molecule has 0 N–H and O–H groups in total. The third kappa shape index (κ3) is 9.16. The Labute approximate surface area is 220 Å². The van der Waals surface area contributed by atoms with E-state index in [-0.39, 0.29) is 36.0 Å². The molecule has 9 nitrogen and oxygen atoms in total. The fourth-order valence-corrected chi connectivity index (χ4v) is 3.13. The number of ether oxygens (including phenoxy) is 4. The molecule has 0 saturated carbocycles. The zero-order valence-electron chi connectivity index (χ0n) is 22.9. The van der Waals surface area contributed by atoms with Crippen LogP contribution in [0.3, 0.4) is 0 Å². The molecule has 1 heterocycles. The lowest BCUT2D eigenvalue weighted by Crippen LogP contribution is -2.43. The molecule has 0 unspecified atom stereocenters. The average molecular weight is 542 g/mol. The number of benzene rings is 1. The van der Waals surface area contributed by atoms with Crippen molar-refractivity contribution in [2.75, 3.05) is 13.4 Å². The van der Waals surface area contributed by atoms with Gasteiger partial charge in [0.2, 0.25) is 0 Å². The maximum Gasteiger partial charge on any atom is 0.420 e. The summed E-state index contributed by atoms with van der Waals surface area (Å²) in [5, 5.41) is 8.21. The van der Waals surface area contributed by atoms with Gasteiger partial charge in [-0.3, -0.25) is 0 Å². The Kier molecular flexibility index (Phi) is 9.71. The normalized spacial score (nSPS) is 12.2. The Morgan fingerprint density at radius 2 is 1.50 bits per heavy atom. The number of carbonyl (C=O) groups is 2. The minimum atomic E-state index is -4.57. The van der Waals surface area contributed by atoms with Crippen LogP contribution in [0.1, 0.15) is 65.3 Å². The van der Waals surface area contributed by atoms with Gasteiger partial charge in [0.15, 0.2) is 6.79 Å². The van der Waals surface area contributed by atoms with E-state index in [4.69, 9.17) is 18.9 Å². The molecule has 1 aromatic carbocycles. The minimum Gasteiger partial charge on any atom is -0.467 e. The molecular formula is C26H34F3N3O6. The van der Waals surface area contributed by atoms with E-state index in [0.717, 1.165) is 17.0 Å². The van der Waals surface area contributed by atoms with E-state index in [9.17, 15) is 22.8 Å². The fourth-order valence-electron chi connectivity index (χ4n) is 3.13. The number of aryl methyl sites for hydroxylation is 1. The van der Waals surface area contributed by atoms with Crippen molar-refractivity contribution in [3.8, 4) is 17.0 Å². The molecule has 12 heteroatoms. The predicted octanol–water partition coefficient (Wildman–Crippen LogP) is 6.52. The molecule has 0 saturated heterocycles. The van der Waals surface area contributed by atoms with Crippen LogP contribution >= 0.6 is 0 Å². The summed E-state index contributed by atoms with van der Waals surface area (Å²) in [5.74, 6) is -0.0723. The average Bonchev–Trinajstić information content (AvgIpc) is 2.75. The molecule has 0 radical (unpaired) electrons. The Morgan fingerprint density at radius 3 is 1.95 bits per heavy atom. The number of amides is 2. The summed E-state index contributed by atoms with van der Waals surface area (Å²) in [6.07, 6.45) is -6.43. The molecule has 0 aliphatic rings. The van der Waals surface area contributed by atoms with Crippen LogP contribution in [0.4, 0.5) is 22.8 Å². The summed E-state index contributed by atoms with van der Waals surface area (Å²) in [5.41, 5.74) is -1.61. The van der Waals surface area contributed by atoms with Crippen molar-refractivity contribution in [1.29, 1.82) is 0 Å². The SMILES string of the molecule is CCOCOc1cc(C(F)(F)F)cc(C)c1-c1ccc(CN(C(=O)OC(C)(C)C)C(=O)OC(C)(C)C)nn1. The zero-order chi connectivity index (χ0) is 28.9. The van der Waals surface area contributed by atoms with Crippen molar-refractivity contribution >= 4 is 12.2 Å². The topological polar surface area (TPSA) is 100 Å². The molecular weight excluding hydrogens is 507 g/mol. The molecule has 1 aromatic heterocycles. The first kappa shape index (κ1) is 30.8. The van der Waals surface area contributed by atoms with Gasteiger partial charge in [0.05, 0.1) is 23.5 Å². The highest BCUT2D eigenvalue weighted by atomic mass is 19.4. The number of rotatable bonds is 7. The van der Waals surface area contributed by atoms with Crippen molar-refractivity contribution in [1.82, 2.24) is 15.1 Å². The van der Waals surface area contributed by atoms with Crippen molar-refractivity contribution in [2.45, 2.75) is 79.3 Å². The van der Waals surface area contributed by atoms with Crippen molar-refractivity contribution in [3.05, 3.63) is 41.1 Å². The number of alkyl halides is 3. The summed E-state index contributed by atoms with van der Waals surface area (Å²) in [7, 11) is 0. The quantitative estimate of drug-likeness (QED) is 0.289. The standard InChI is InChI=1S/C26H34F3N3O6/c1-9-35-15-36-20-13-17(26(27,28)29)12-16(2)21(20)19-11-10-18(30-31-19)14-32(22(33)37-24(3,4)5)23(34)38-25(6,7)8/h10-13H,9,14-15H2,1-8H3. The first-order valence-electron chi connectivity index (χ1n) is 11.9. The van der Waals surface area contributed by atoms with Gasteiger partial charge >= 0.3 is 18.4 Å². The number of aromatic nitrogens is 2. The number of carbonyl (C=O) groups excluding carboxylic acids is 2. The first-order chi connectivity index (χ1) is 17.4. The maximum atomic E-state index is 13.4. The van der Waals surface area contributed by atoms with E-state index in [1.165, 1.54) is 19.1 Å². The second-order valence-electron chi connectivity index (χ2n) is 10.4. The van der Waals surface area contributed by atoms with Crippen molar-refractivity contribution in [2.24, 2.45) is 0 Å². The lowest BCUT2D eigenvalue weighted by atomic mass is 10.0. The summed E-state index contributed by atoms with van der Waals surface area (Å²) in [6.45, 7) is 12.9. The number of nitrogens with zero attached hydrogens (tertiary/aromatic N) is 3. The van der Waals surface area contributed by atoms with Gasteiger partial charge in [-0.05, 0) is 85.2 Å². The van der Waals surface area contributed by atoms with E-state index in [1.54, 1.807) is 48.5 Å². The Bertz CT molecular complexity index is 1100. The van der Waals surface area contributed by atoms with Crippen LogP contribution in [0.15, 0.2) is 24.3 Å². The molecule has 0 aliphatic heterocycles. The highest BCUT2D eigenvalue weighted by Crippen LogP contribution is 2.39. The molecule has 2 aromatic rings. The molecule has 2 rings (SSSR count). The Balaban J connectivity index is 2.41. The van der Waals surface area contributed by atoms with Crippen molar-refractivity contribution < 1.29 is 41.7 Å². The molecule has 0 bridgehead atoms. The summed E-state index contributed by atoms with van der Waals surface area (Å²) >= 11 is 0. The fraction of sp³-hybridized carbons (Fsp3) is 0.538. The van der Waals surface area contributed by atoms with Gasteiger partial charge in [0.25, 0.3) is 0 Å². The van der Waals surface area contributed by atoms with Crippen LogP contribution in [0, 0.1) is 6.92 Å². The minimum absolute atomic E-state index is 0.0723. The molecule has 0 fully saturated rings. The Morgan fingerprint density at radius 1 is 0.921 bits per heavy atom. The zero-order valence-corrected chi connectivity index (χ0v) is 22.9. The van der Waals surface area contributed by atoms with Crippen LogP contribution in [0.2, 0.25) is 0 Å². The summed E-state index contributed by atoms with van der Waals surface area (Å²) in [6, 6.07) is 4.87. The van der Waals surface area contributed by atoms with Gasteiger partial charge in [-0.25, -0.2) is 14.5 Å². The molecule has 38 heavy (non-hydrogen) atoms. The van der Waals surface area contributed by atoms with Crippen LogP contribution in [-0.2, 0) is 26.9 Å². The maximum absolute atomic E-state index is 13.4. The predicted molar refractivity (Wildman–Crippen MR) is 132 cm³/mol. The van der Waals surface area contributed by atoms with Crippen LogP contribution in [-0.4, -0.2) is 51.9 Å². The van der Waals surface area contributed by atoms with Gasteiger partial charge in [-0.15, -0.1) is 0 Å². The van der Waals surface area contributed by atoms with Crippen LogP contribution in [0.5, 0.6) is 5.75 Å². The molecule has 210 valence electrons. The lowest BCUT2D eigenvalue weighted by molar-refractivity contribution is -0.137. The number of hydrogen-bond acceptors (Lipinski definition) is 8. The van der Waals surface area contributed by atoms with Gasteiger partial charge < -0.3 is 18.9 Å². The van der Waals surface area contributed by atoms with Gasteiger partial charge in [-0.1, -0.05) is 0 Å². The first-order valence-corrected chi connectivity index (χ1v) is 11.9.